The highest BCUT2D eigenvalue weighted by molar-refractivity contribution is 7.89. The third-order valence-electron chi connectivity index (χ3n) is 2.81. The molecule has 0 heterocycles. The van der Waals surface area contributed by atoms with Crippen LogP contribution in [0, 0.1) is 5.92 Å². The van der Waals surface area contributed by atoms with E-state index in [4.69, 9.17) is 0 Å². The molecule has 1 unspecified atom stereocenters. The standard InChI is InChI=1S/C12H20N2O2S/c1-9(2)10(3)14-11-6-5-7-12(8-11)17(15,16)13-4/h5-10,13-14H,1-4H3. The summed E-state index contributed by atoms with van der Waals surface area (Å²) in [4.78, 5) is 0.279. The van der Waals surface area contributed by atoms with E-state index in [0.717, 1.165) is 5.69 Å². The van der Waals surface area contributed by atoms with Crippen LogP contribution in [0.5, 0.6) is 0 Å². The Balaban J connectivity index is 2.95. The number of hydrogen-bond acceptors (Lipinski definition) is 3. The second-order valence-electron chi connectivity index (χ2n) is 4.41. The fourth-order valence-corrected chi connectivity index (χ4v) is 2.08. The number of benzene rings is 1. The smallest absolute Gasteiger partial charge is 0.240 e. The quantitative estimate of drug-likeness (QED) is 0.847. The van der Waals surface area contributed by atoms with Crippen molar-refractivity contribution >= 4 is 15.7 Å². The number of rotatable bonds is 5. The first kappa shape index (κ1) is 14.0. The molecular formula is C12H20N2O2S. The monoisotopic (exact) mass is 256 g/mol. The van der Waals surface area contributed by atoms with Crippen LogP contribution in [-0.4, -0.2) is 21.5 Å². The van der Waals surface area contributed by atoms with E-state index in [9.17, 15) is 8.42 Å². The molecule has 1 aromatic rings. The minimum absolute atomic E-state index is 0.279. The first-order valence-electron chi connectivity index (χ1n) is 5.67. The molecule has 0 spiro atoms. The van der Waals surface area contributed by atoms with E-state index in [2.05, 4.69) is 30.8 Å². The predicted octanol–water partition coefficient (Wildman–Crippen LogP) is 2.05. The first-order chi connectivity index (χ1) is 7.86. The molecule has 0 saturated heterocycles. The molecule has 1 aromatic carbocycles. The van der Waals surface area contributed by atoms with Crippen LogP contribution in [-0.2, 0) is 10.0 Å². The first-order valence-corrected chi connectivity index (χ1v) is 7.15. The average Bonchev–Trinajstić information content (AvgIpc) is 2.29. The Hall–Kier alpha value is -1.07. The lowest BCUT2D eigenvalue weighted by molar-refractivity contribution is 0.560. The van der Waals surface area contributed by atoms with Gasteiger partial charge in [-0.15, -0.1) is 0 Å². The zero-order valence-corrected chi connectivity index (χ0v) is 11.5. The summed E-state index contributed by atoms with van der Waals surface area (Å²) in [6, 6.07) is 7.12. The maximum atomic E-state index is 11.6. The van der Waals surface area contributed by atoms with Gasteiger partial charge in [0.05, 0.1) is 4.90 Å². The maximum absolute atomic E-state index is 11.6. The summed E-state index contributed by atoms with van der Waals surface area (Å²) in [6.45, 7) is 6.31. The van der Waals surface area contributed by atoms with Crippen molar-refractivity contribution in [2.24, 2.45) is 5.92 Å². The van der Waals surface area contributed by atoms with Gasteiger partial charge in [0.25, 0.3) is 0 Å². The van der Waals surface area contributed by atoms with Crippen molar-refractivity contribution in [3.8, 4) is 0 Å². The lowest BCUT2D eigenvalue weighted by Crippen LogP contribution is -2.22. The fourth-order valence-electron chi connectivity index (χ4n) is 1.30. The van der Waals surface area contributed by atoms with Gasteiger partial charge in [0.15, 0.2) is 0 Å². The Kier molecular flexibility index (Phi) is 4.54. The fraction of sp³-hybridized carbons (Fsp3) is 0.500. The highest BCUT2D eigenvalue weighted by Gasteiger charge is 2.12. The molecule has 0 fully saturated rings. The van der Waals surface area contributed by atoms with Crippen molar-refractivity contribution in [2.45, 2.75) is 31.7 Å². The molecule has 17 heavy (non-hydrogen) atoms. The van der Waals surface area contributed by atoms with Gasteiger partial charge in [0, 0.05) is 11.7 Å². The van der Waals surface area contributed by atoms with Gasteiger partial charge in [0.2, 0.25) is 10.0 Å². The van der Waals surface area contributed by atoms with Gasteiger partial charge < -0.3 is 5.32 Å². The Morgan fingerprint density at radius 1 is 1.18 bits per heavy atom. The molecule has 0 radical (unpaired) electrons. The summed E-state index contributed by atoms with van der Waals surface area (Å²) in [5, 5.41) is 3.29. The van der Waals surface area contributed by atoms with Crippen LogP contribution in [0.15, 0.2) is 29.2 Å². The summed E-state index contributed by atoms with van der Waals surface area (Å²) >= 11 is 0. The highest BCUT2D eigenvalue weighted by Crippen LogP contribution is 2.17. The van der Waals surface area contributed by atoms with E-state index in [1.165, 1.54) is 7.05 Å². The van der Waals surface area contributed by atoms with Gasteiger partial charge in [0.1, 0.15) is 0 Å². The molecule has 0 aliphatic carbocycles. The minimum atomic E-state index is -3.37. The van der Waals surface area contributed by atoms with Crippen LogP contribution in [0.2, 0.25) is 0 Å². The number of hydrogen-bond donors (Lipinski definition) is 2. The predicted molar refractivity (Wildman–Crippen MR) is 70.6 cm³/mol. The van der Waals surface area contributed by atoms with Gasteiger partial charge in [-0.25, -0.2) is 13.1 Å². The van der Waals surface area contributed by atoms with Crippen LogP contribution >= 0.6 is 0 Å². The average molecular weight is 256 g/mol. The highest BCUT2D eigenvalue weighted by atomic mass is 32.2. The summed E-state index contributed by atoms with van der Waals surface area (Å²) < 4.78 is 25.6. The SMILES string of the molecule is CNS(=O)(=O)c1cccc(NC(C)C(C)C)c1. The van der Waals surface area contributed by atoms with Crippen molar-refractivity contribution in [3.05, 3.63) is 24.3 Å². The van der Waals surface area contributed by atoms with Crippen LogP contribution in [0.4, 0.5) is 5.69 Å². The Morgan fingerprint density at radius 3 is 2.35 bits per heavy atom. The lowest BCUT2D eigenvalue weighted by Gasteiger charge is -2.19. The van der Waals surface area contributed by atoms with E-state index in [1.807, 2.05) is 6.07 Å². The topological polar surface area (TPSA) is 58.2 Å². The number of anilines is 1. The van der Waals surface area contributed by atoms with Crippen molar-refractivity contribution in [2.75, 3.05) is 12.4 Å². The molecular weight excluding hydrogens is 236 g/mol. The second-order valence-corrected chi connectivity index (χ2v) is 6.30. The van der Waals surface area contributed by atoms with Gasteiger partial charge in [-0.1, -0.05) is 19.9 Å². The van der Waals surface area contributed by atoms with Gasteiger partial charge in [-0.05, 0) is 38.1 Å². The Labute approximate surface area is 103 Å². The largest absolute Gasteiger partial charge is 0.382 e. The van der Waals surface area contributed by atoms with Crippen molar-refractivity contribution in [1.82, 2.24) is 4.72 Å². The normalized spacial score (nSPS) is 13.7. The third-order valence-corrected chi connectivity index (χ3v) is 4.22. The molecule has 0 aliphatic heterocycles. The Bertz CT molecular complexity index is 469. The minimum Gasteiger partial charge on any atom is -0.382 e. The van der Waals surface area contributed by atoms with Crippen molar-refractivity contribution < 1.29 is 8.42 Å². The molecule has 96 valence electrons. The second kappa shape index (κ2) is 5.51. The van der Waals surface area contributed by atoms with E-state index in [0.29, 0.717) is 12.0 Å². The molecule has 0 aromatic heterocycles. The van der Waals surface area contributed by atoms with Gasteiger partial charge in [-0.2, -0.15) is 0 Å². The van der Waals surface area contributed by atoms with E-state index in [1.54, 1.807) is 18.2 Å². The van der Waals surface area contributed by atoms with Gasteiger partial charge in [-0.3, -0.25) is 0 Å². The summed E-state index contributed by atoms with van der Waals surface area (Å²) in [5.74, 6) is 0.486. The van der Waals surface area contributed by atoms with E-state index >= 15 is 0 Å². The van der Waals surface area contributed by atoms with E-state index in [-0.39, 0.29) is 4.90 Å². The molecule has 5 heteroatoms. The molecule has 0 aliphatic rings. The lowest BCUT2D eigenvalue weighted by atomic mass is 10.1. The third kappa shape index (κ3) is 3.71. The van der Waals surface area contributed by atoms with Crippen molar-refractivity contribution in [3.63, 3.8) is 0 Å². The molecule has 0 bridgehead atoms. The van der Waals surface area contributed by atoms with Crippen LogP contribution in [0.1, 0.15) is 20.8 Å². The Morgan fingerprint density at radius 2 is 1.82 bits per heavy atom. The molecule has 0 saturated carbocycles. The number of nitrogens with one attached hydrogen (secondary N) is 2. The zero-order valence-electron chi connectivity index (χ0n) is 10.7. The van der Waals surface area contributed by atoms with E-state index < -0.39 is 10.0 Å². The summed E-state index contributed by atoms with van der Waals surface area (Å²) in [7, 11) is -1.96. The van der Waals surface area contributed by atoms with Crippen molar-refractivity contribution in [1.29, 1.82) is 0 Å². The maximum Gasteiger partial charge on any atom is 0.240 e. The molecule has 1 rings (SSSR count). The van der Waals surface area contributed by atoms with Crippen LogP contribution in [0.25, 0.3) is 0 Å². The molecule has 0 amide bonds. The van der Waals surface area contributed by atoms with Crippen LogP contribution < -0.4 is 10.0 Å². The summed E-state index contributed by atoms with van der Waals surface area (Å²) in [5.41, 5.74) is 0.822. The molecule has 1 atom stereocenters. The zero-order chi connectivity index (χ0) is 13.1. The molecule has 4 nitrogen and oxygen atoms in total. The summed E-state index contributed by atoms with van der Waals surface area (Å²) in [6.07, 6.45) is 0. The van der Waals surface area contributed by atoms with Gasteiger partial charge >= 0.3 is 0 Å². The van der Waals surface area contributed by atoms with Crippen LogP contribution in [0.3, 0.4) is 0 Å². The number of sulfonamides is 1. The molecule has 2 N–H and O–H groups in total.